The molecule has 0 saturated heterocycles. The van der Waals surface area contributed by atoms with Crippen LogP contribution in [0.1, 0.15) is 20.8 Å². The van der Waals surface area contributed by atoms with Gasteiger partial charge in [0.05, 0.1) is 15.7 Å². The third kappa shape index (κ3) is 2.73. The van der Waals surface area contributed by atoms with Crippen LogP contribution in [0.25, 0.3) is 0 Å². The predicted octanol–water partition coefficient (Wildman–Crippen LogP) is -5.60. The smallest absolute Gasteiger partial charge is 0.292 e. The molecule has 94 valence electrons. The topological polar surface area (TPSA) is 40.5 Å². The summed E-state index contributed by atoms with van der Waals surface area (Å²) < 4.78 is 0. The van der Waals surface area contributed by atoms with Gasteiger partial charge in [0.2, 0.25) is 0 Å². The highest BCUT2D eigenvalue weighted by molar-refractivity contribution is 6.66. The molecule has 0 aliphatic heterocycles. The minimum Gasteiger partial charge on any atom is -0.482 e. The molecule has 1 N–H and O–H groups in total. The molecule has 18 heavy (non-hydrogen) atoms. The molecule has 0 fully saturated rings. The number of rotatable bonds is 4. The zero-order valence-corrected chi connectivity index (χ0v) is 13.8. The summed E-state index contributed by atoms with van der Waals surface area (Å²) in [6, 6.07) is 0. The van der Waals surface area contributed by atoms with Crippen LogP contribution < -0.4 is 0 Å². The largest absolute Gasteiger partial charge is 0.482 e. The van der Waals surface area contributed by atoms with Gasteiger partial charge in [0.15, 0.2) is 7.98 Å². The summed E-state index contributed by atoms with van der Waals surface area (Å²) in [5.74, 6) is -0.747. The lowest BCUT2D eigenvalue weighted by molar-refractivity contribution is -0.138. The summed E-state index contributed by atoms with van der Waals surface area (Å²) in [6.07, 6.45) is 0. The van der Waals surface area contributed by atoms with Crippen molar-refractivity contribution in [2.24, 2.45) is 0 Å². The van der Waals surface area contributed by atoms with E-state index in [4.69, 9.17) is 0 Å². The number of carboxylic acid groups (broad SMARTS) is 1. The second-order valence-electron chi connectivity index (χ2n) is 7.84. The molecule has 0 aromatic heterocycles. The number of aliphatic carboxylic acids is 1. The van der Waals surface area contributed by atoms with E-state index < -0.39 is 11.2 Å². The van der Waals surface area contributed by atoms with Crippen molar-refractivity contribution < 1.29 is 9.90 Å². The van der Waals surface area contributed by atoms with E-state index in [-0.39, 0.29) is 16.1 Å². The molecule has 3 nitrogen and oxygen atoms in total. The van der Waals surface area contributed by atoms with Crippen LogP contribution in [0.3, 0.4) is 0 Å². The lowest BCUT2D eigenvalue weighted by Crippen LogP contribution is -2.67. The highest BCUT2D eigenvalue weighted by Crippen LogP contribution is 2.50. The van der Waals surface area contributed by atoms with E-state index in [9.17, 15) is 9.90 Å². The summed E-state index contributed by atoms with van der Waals surface area (Å²) in [5.41, 5.74) is -0.00461. The lowest BCUT2D eigenvalue weighted by Gasteiger charge is -2.59. The fourth-order valence-electron chi connectivity index (χ4n) is 2.29. The zero-order chi connectivity index (χ0) is 15.2. The third-order valence-corrected chi connectivity index (χ3v) is 5.47. The molecule has 0 aromatic rings. The molecule has 0 aliphatic carbocycles. The SMILES string of the molecule is BN(C(C)(C)C)C(B)(B)C(B)(B)C(B)(B)C(=O)O. The first-order chi connectivity index (χ1) is 7.60. The van der Waals surface area contributed by atoms with Crippen LogP contribution in [0.15, 0.2) is 0 Å². The van der Waals surface area contributed by atoms with E-state index in [2.05, 4.69) is 49.3 Å². The van der Waals surface area contributed by atoms with Crippen LogP contribution >= 0.6 is 0 Å². The van der Waals surface area contributed by atoms with Gasteiger partial charge in [-0.05, 0) is 20.8 Å². The van der Waals surface area contributed by atoms with Gasteiger partial charge in [-0.25, -0.2) is 0 Å². The van der Waals surface area contributed by atoms with Crippen molar-refractivity contribution in [1.82, 2.24) is 4.81 Å². The Kier molecular flexibility index (Phi) is 4.74. The monoisotopic (exact) mass is 243 g/mol. The Balaban J connectivity index is 5.67. The molecule has 0 aromatic carbocycles. The number of nitrogens with zero attached hydrogens (tertiary/aromatic N) is 1. The van der Waals surface area contributed by atoms with Gasteiger partial charge in [0.1, 0.15) is 31.4 Å². The average molecular weight is 242 g/mol. The Morgan fingerprint density at radius 2 is 1.33 bits per heavy atom. The van der Waals surface area contributed by atoms with Crippen LogP contribution in [-0.2, 0) is 4.79 Å². The number of carboxylic acids is 1. The van der Waals surface area contributed by atoms with Crippen molar-refractivity contribution in [2.75, 3.05) is 0 Å². The van der Waals surface area contributed by atoms with Gasteiger partial charge in [0.25, 0.3) is 5.97 Å². The van der Waals surface area contributed by atoms with Crippen LogP contribution in [0, 0.1) is 0 Å². The zero-order valence-electron chi connectivity index (χ0n) is 13.8. The van der Waals surface area contributed by atoms with Crippen LogP contribution in [0.2, 0.25) is 10.4 Å². The van der Waals surface area contributed by atoms with Gasteiger partial charge in [0, 0.05) is 10.8 Å². The molecule has 0 amide bonds. The third-order valence-electron chi connectivity index (χ3n) is 5.47. The normalized spacial score (nSPS) is 14.7. The lowest BCUT2D eigenvalue weighted by atomic mass is 9.19. The Morgan fingerprint density at radius 1 is 1.00 bits per heavy atom. The highest BCUT2D eigenvalue weighted by Gasteiger charge is 2.53. The van der Waals surface area contributed by atoms with Gasteiger partial charge in [-0.2, -0.15) is 0 Å². The molecular formula is C8H24B7NO2. The van der Waals surface area contributed by atoms with Crippen molar-refractivity contribution in [3.63, 3.8) is 0 Å². The van der Waals surface area contributed by atoms with E-state index in [1.54, 1.807) is 0 Å². The van der Waals surface area contributed by atoms with Crippen LogP contribution in [0.4, 0.5) is 0 Å². The summed E-state index contributed by atoms with van der Waals surface area (Å²) in [6.45, 7) is 6.45. The molecule has 0 radical (unpaired) electrons. The summed E-state index contributed by atoms with van der Waals surface area (Å²) in [5, 5.41) is 8.09. The van der Waals surface area contributed by atoms with Crippen LogP contribution in [-0.4, -0.2) is 81.8 Å². The van der Waals surface area contributed by atoms with E-state index in [0.717, 1.165) is 0 Å². The fourth-order valence-corrected chi connectivity index (χ4v) is 2.29. The van der Waals surface area contributed by atoms with Crippen molar-refractivity contribution in [3.05, 3.63) is 0 Å². The van der Waals surface area contributed by atoms with E-state index in [1.807, 2.05) is 31.4 Å². The predicted molar refractivity (Wildman–Crippen MR) is 97.2 cm³/mol. The average Bonchev–Trinajstić information content (AvgIpc) is 2.14. The first-order valence-corrected chi connectivity index (χ1v) is 6.57. The highest BCUT2D eigenvalue weighted by atomic mass is 16.4. The molecular weight excluding hydrogens is 218 g/mol. The quantitative estimate of drug-likeness (QED) is 0.500. The maximum absolute atomic E-state index is 11.6. The number of hydrogen-bond donors (Lipinski definition) is 1. The molecule has 0 rings (SSSR count). The Bertz CT molecular complexity index is 337. The maximum atomic E-state index is 11.6. The summed E-state index contributed by atoms with van der Waals surface area (Å²) >= 11 is 0. The molecule has 0 unspecified atom stereocenters. The molecule has 10 heteroatoms. The second kappa shape index (κ2) is 4.77. The van der Waals surface area contributed by atoms with E-state index in [0.29, 0.717) is 0 Å². The number of carbonyl (C=O) groups is 1. The van der Waals surface area contributed by atoms with Crippen molar-refractivity contribution in [2.45, 2.75) is 42.1 Å². The van der Waals surface area contributed by atoms with Crippen molar-refractivity contribution >= 4 is 61.0 Å². The standard InChI is InChI=1S/C8H24B7NO2/c1-5(2,3)16(15)8(13,14)7(11,12)6(9,10)4(17)18/h9-15H2,1-3H3,(H,17,18). The van der Waals surface area contributed by atoms with E-state index >= 15 is 0 Å². The minimum atomic E-state index is -0.796. The maximum Gasteiger partial charge on any atom is 0.292 e. The van der Waals surface area contributed by atoms with Gasteiger partial charge in [-0.3, -0.25) is 4.79 Å². The Morgan fingerprint density at radius 3 is 1.56 bits per heavy atom. The summed E-state index contributed by atoms with van der Waals surface area (Å²) in [7, 11) is 14.0. The number of hydrogen-bond acceptors (Lipinski definition) is 2. The van der Waals surface area contributed by atoms with Crippen LogP contribution in [0.5, 0.6) is 0 Å². The van der Waals surface area contributed by atoms with E-state index in [1.165, 1.54) is 0 Å². The van der Waals surface area contributed by atoms with Gasteiger partial charge in [-0.1, -0.05) is 10.6 Å². The molecule has 0 bridgehead atoms. The summed E-state index contributed by atoms with van der Waals surface area (Å²) in [4.78, 5) is 13.8. The molecule has 0 saturated carbocycles. The molecule has 0 spiro atoms. The molecule has 0 atom stereocenters. The Labute approximate surface area is 118 Å². The molecule has 0 heterocycles. The minimum absolute atomic E-state index is 0.00461. The van der Waals surface area contributed by atoms with Gasteiger partial charge >= 0.3 is 0 Å². The second-order valence-corrected chi connectivity index (χ2v) is 7.84. The van der Waals surface area contributed by atoms with Crippen molar-refractivity contribution in [3.8, 4) is 0 Å². The first kappa shape index (κ1) is 17.9. The van der Waals surface area contributed by atoms with Gasteiger partial charge in [-0.15, -0.1) is 0 Å². The Hall–Kier alpha value is -0.115. The first-order valence-electron chi connectivity index (χ1n) is 6.57. The fraction of sp³-hybridized carbons (Fsp3) is 0.875. The van der Waals surface area contributed by atoms with Gasteiger partial charge < -0.3 is 9.92 Å². The molecule has 0 aliphatic rings. The van der Waals surface area contributed by atoms with Crippen molar-refractivity contribution in [1.29, 1.82) is 0 Å².